The molecule has 0 bridgehead atoms. The van der Waals surface area contributed by atoms with E-state index in [1.807, 2.05) is 41.1 Å². The first-order valence-electron chi connectivity index (χ1n) is 11.7. The molecule has 2 aromatic carbocycles. The zero-order valence-electron chi connectivity index (χ0n) is 20.1. The van der Waals surface area contributed by atoms with E-state index in [2.05, 4.69) is 20.2 Å². The summed E-state index contributed by atoms with van der Waals surface area (Å²) in [5, 5.41) is 13.0. The molecule has 10 nitrogen and oxygen atoms in total. The number of halogens is 2. The predicted molar refractivity (Wildman–Crippen MR) is 145 cm³/mol. The molecule has 0 unspecified atom stereocenters. The molecular formula is C25H25Cl2N7O3. The number of nitrogens with zero attached hydrogens (tertiary/aromatic N) is 6. The van der Waals surface area contributed by atoms with Crippen molar-refractivity contribution in [2.24, 2.45) is 0 Å². The Labute approximate surface area is 224 Å². The summed E-state index contributed by atoms with van der Waals surface area (Å²) in [6, 6.07) is 13.0. The average Bonchev–Trinajstić information content (AvgIpc) is 2.87. The Hall–Kier alpha value is -3.60. The quantitative estimate of drug-likeness (QED) is 0.482. The number of aliphatic carboxylic acids is 1. The molecule has 0 aliphatic carbocycles. The third kappa shape index (κ3) is 5.27. The molecule has 5 rings (SSSR count). The van der Waals surface area contributed by atoms with Crippen LogP contribution in [0.3, 0.4) is 0 Å². The molecule has 0 radical (unpaired) electrons. The second-order valence-electron chi connectivity index (χ2n) is 8.90. The van der Waals surface area contributed by atoms with Gasteiger partial charge < -0.3 is 20.2 Å². The first-order valence-corrected chi connectivity index (χ1v) is 12.5. The van der Waals surface area contributed by atoms with Crippen LogP contribution in [-0.4, -0.2) is 78.3 Å². The zero-order valence-corrected chi connectivity index (χ0v) is 21.6. The third-order valence-electron chi connectivity index (χ3n) is 6.39. The molecule has 0 spiro atoms. The Bertz CT molecular complexity index is 1310. The van der Waals surface area contributed by atoms with Crippen LogP contribution in [0.4, 0.5) is 28.8 Å². The van der Waals surface area contributed by atoms with Crippen LogP contribution in [0.2, 0.25) is 10.0 Å². The van der Waals surface area contributed by atoms with Gasteiger partial charge in [0.25, 0.3) is 5.91 Å². The molecule has 2 aliphatic heterocycles. The number of anilines is 5. The number of fused-ring (bicyclic) bond motifs is 1. The van der Waals surface area contributed by atoms with Crippen LogP contribution in [0.1, 0.15) is 10.4 Å². The Morgan fingerprint density at radius 3 is 2.38 bits per heavy atom. The molecule has 0 saturated carbocycles. The van der Waals surface area contributed by atoms with E-state index >= 15 is 0 Å². The fraction of sp³-hybridized carbons (Fsp3) is 0.280. The maximum atomic E-state index is 13.2. The summed E-state index contributed by atoms with van der Waals surface area (Å²) in [5.41, 5.74) is 2.68. The van der Waals surface area contributed by atoms with E-state index in [-0.39, 0.29) is 19.1 Å². The van der Waals surface area contributed by atoms with Crippen molar-refractivity contribution in [3.63, 3.8) is 0 Å². The summed E-state index contributed by atoms with van der Waals surface area (Å²) in [6.07, 6.45) is 1.51. The summed E-state index contributed by atoms with van der Waals surface area (Å²) in [5.74, 6) is -0.191. The number of para-hydroxylation sites is 1. The summed E-state index contributed by atoms with van der Waals surface area (Å²) in [4.78, 5) is 40.6. The molecule has 1 fully saturated rings. The van der Waals surface area contributed by atoms with E-state index in [1.54, 1.807) is 18.2 Å². The highest BCUT2D eigenvalue weighted by atomic mass is 35.5. The lowest BCUT2D eigenvalue weighted by Crippen LogP contribution is -2.47. The van der Waals surface area contributed by atoms with Crippen LogP contribution >= 0.6 is 23.2 Å². The lowest BCUT2D eigenvalue weighted by molar-refractivity contribution is -0.138. The first-order chi connectivity index (χ1) is 17.8. The van der Waals surface area contributed by atoms with Crippen LogP contribution in [0.5, 0.6) is 0 Å². The van der Waals surface area contributed by atoms with E-state index < -0.39 is 5.97 Å². The van der Waals surface area contributed by atoms with Crippen molar-refractivity contribution in [2.45, 2.75) is 0 Å². The van der Waals surface area contributed by atoms with Crippen molar-refractivity contribution >= 4 is 63.9 Å². The summed E-state index contributed by atoms with van der Waals surface area (Å²) >= 11 is 12.7. The van der Waals surface area contributed by atoms with Crippen LogP contribution in [-0.2, 0) is 4.79 Å². The Kier molecular flexibility index (Phi) is 7.05. The number of hydrogen-bond donors (Lipinski definition) is 2. The number of benzene rings is 2. The van der Waals surface area contributed by atoms with Crippen LogP contribution in [0, 0.1) is 0 Å². The van der Waals surface area contributed by atoms with Crippen molar-refractivity contribution in [1.82, 2.24) is 14.9 Å². The summed E-state index contributed by atoms with van der Waals surface area (Å²) in [7, 11) is 1.84. The minimum absolute atomic E-state index is 0.0735. The fourth-order valence-electron chi connectivity index (χ4n) is 4.52. The van der Waals surface area contributed by atoms with Gasteiger partial charge in [0, 0.05) is 50.8 Å². The normalized spacial score (nSPS) is 16.1. The Morgan fingerprint density at radius 2 is 1.73 bits per heavy atom. The van der Waals surface area contributed by atoms with E-state index in [4.69, 9.17) is 28.3 Å². The van der Waals surface area contributed by atoms with Gasteiger partial charge in [-0.2, -0.15) is 4.98 Å². The largest absolute Gasteiger partial charge is 0.480 e. The van der Waals surface area contributed by atoms with Crippen molar-refractivity contribution in [2.75, 3.05) is 66.5 Å². The number of carboxylic acids is 1. The second-order valence-corrected chi connectivity index (χ2v) is 9.72. The third-order valence-corrected chi connectivity index (χ3v) is 7.00. The molecule has 2 N–H and O–H groups in total. The molecule has 3 aromatic rings. The molecule has 1 amide bonds. The minimum atomic E-state index is -0.800. The maximum absolute atomic E-state index is 13.2. The second kappa shape index (κ2) is 10.4. The van der Waals surface area contributed by atoms with Gasteiger partial charge in [-0.05, 0) is 36.4 Å². The molecule has 192 valence electrons. The number of carbonyl (C=O) groups is 2. The van der Waals surface area contributed by atoms with Gasteiger partial charge in [0.2, 0.25) is 5.95 Å². The van der Waals surface area contributed by atoms with Gasteiger partial charge in [0.15, 0.2) is 0 Å². The van der Waals surface area contributed by atoms with E-state index in [0.29, 0.717) is 46.2 Å². The van der Waals surface area contributed by atoms with Crippen molar-refractivity contribution in [3.8, 4) is 0 Å². The van der Waals surface area contributed by atoms with Gasteiger partial charge in [0.05, 0.1) is 28.9 Å². The van der Waals surface area contributed by atoms with E-state index in [0.717, 1.165) is 24.5 Å². The average molecular weight is 542 g/mol. The van der Waals surface area contributed by atoms with Gasteiger partial charge in [-0.3, -0.25) is 19.4 Å². The fourth-order valence-corrected chi connectivity index (χ4v) is 5.12. The van der Waals surface area contributed by atoms with Gasteiger partial charge in [-0.15, -0.1) is 0 Å². The molecule has 2 aliphatic rings. The topological polar surface area (TPSA) is 105 Å². The molecule has 1 aromatic heterocycles. The SMILES string of the molecule is CN1CN(c2c(Cl)cccc2Cl)C(=O)c2cnc(Nc3ccc(N4CCN(CC(=O)O)CC4)cc3)nc21. The predicted octanol–water partition coefficient (Wildman–Crippen LogP) is 3.79. The van der Waals surface area contributed by atoms with Gasteiger partial charge in [-0.1, -0.05) is 29.3 Å². The highest BCUT2D eigenvalue weighted by Gasteiger charge is 2.32. The highest BCUT2D eigenvalue weighted by molar-refractivity contribution is 6.40. The van der Waals surface area contributed by atoms with Gasteiger partial charge >= 0.3 is 5.97 Å². The molecule has 3 heterocycles. The van der Waals surface area contributed by atoms with Crippen LogP contribution < -0.4 is 20.0 Å². The maximum Gasteiger partial charge on any atom is 0.317 e. The zero-order chi connectivity index (χ0) is 26.1. The lowest BCUT2D eigenvalue weighted by Gasteiger charge is -2.35. The number of rotatable bonds is 6. The Balaban J connectivity index is 1.27. The number of amides is 1. The van der Waals surface area contributed by atoms with Gasteiger partial charge in [0.1, 0.15) is 11.4 Å². The van der Waals surface area contributed by atoms with Gasteiger partial charge in [-0.25, -0.2) is 4.98 Å². The molecule has 12 heteroatoms. The molecule has 0 atom stereocenters. The first kappa shape index (κ1) is 25.1. The van der Waals surface area contributed by atoms with Crippen molar-refractivity contribution in [3.05, 3.63) is 64.3 Å². The smallest absolute Gasteiger partial charge is 0.317 e. The summed E-state index contributed by atoms with van der Waals surface area (Å²) < 4.78 is 0. The Morgan fingerprint density at radius 1 is 1.05 bits per heavy atom. The number of nitrogens with one attached hydrogen (secondary N) is 1. The number of carbonyl (C=O) groups excluding carboxylic acids is 1. The summed E-state index contributed by atoms with van der Waals surface area (Å²) in [6.45, 7) is 3.27. The minimum Gasteiger partial charge on any atom is -0.480 e. The van der Waals surface area contributed by atoms with Crippen molar-refractivity contribution < 1.29 is 14.7 Å². The molecule has 1 saturated heterocycles. The lowest BCUT2D eigenvalue weighted by atomic mass is 10.2. The highest BCUT2D eigenvalue weighted by Crippen LogP contribution is 2.37. The molecular weight excluding hydrogens is 517 g/mol. The van der Waals surface area contributed by atoms with E-state index in [9.17, 15) is 9.59 Å². The number of hydrogen-bond acceptors (Lipinski definition) is 8. The molecule has 37 heavy (non-hydrogen) atoms. The van der Waals surface area contributed by atoms with Crippen LogP contribution in [0.25, 0.3) is 0 Å². The standard InChI is InChI=1S/C25H25Cl2N7O3/c1-31-15-34(22-19(26)3-2-4-20(22)27)24(37)18-13-28-25(30-23(18)31)29-16-5-7-17(8-6-16)33-11-9-32(10-12-33)14-21(35)36/h2-8,13H,9-12,14-15H2,1H3,(H,35,36)(H,28,29,30). The number of aromatic nitrogens is 2. The van der Waals surface area contributed by atoms with E-state index in [1.165, 1.54) is 11.1 Å². The van der Waals surface area contributed by atoms with Crippen molar-refractivity contribution in [1.29, 1.82) is 0 Å². The number of carboxylic acid groups (broad SMARTS) is 1. The van der Waals surface area contributed by atoms with Crippen LogP contribution in [0.15, 0.2) is 48.7 Å². The monoisotopic (exact) mass is 541 g/mol. The number of piperazine rings is 1.